The molecule has 1 unspecified atom stereocenters. The van der Waals surface area contributed by atoms with Crippen molar-refractivity contribution in [1.29, 1.82) is 0 Å². The molecule has 36 heavy (non-hydrogen) atoms. The molecule has 0 heterocycles. The number of guanidine groups is 1. The van der Waals surface area contributed by atoms with E-state index in [1.807, 2.05) is 0 Å². The minimum atomic E-state index is -0.399. The van der Waals surface area contributed by atoms with E-state index in [-0.39, 0.29) is 24.3 Å². The van der Waals surface area contributed by atoms with Crippen molar-refractivity contribution in [2.75, 3.05) is 13.1 Å². The van der Waals surface area contributed by atoms with Crippen molar-refractivity contribution < 1.29 is 9.59 Å². The van der Waals surface area contributed by atoms with Gasteiger partial charge in [-0.2, -0.15) is 4.99 Å². The number of rotatable bonds is 26. The van der Waals surface area contributed by atoms with Crippen molar-refractivity contribution in [1.82, 2.24) is 10.6 Å². The number of carbonyl (C=O) groups excluding carboxylic acids is 2. The topological polar surface area (TPSA) is 123 Å². The number of aliphatic imine (C=N–C) groups is 1. The Hall–Kier alpha value is -1.63. The number of unbranched alkanes of at least 4 members (excludes halogenated alkanes) is 17. The Morgan fingerprint density at radius 1 is 0.667 bits per heavy atom. The average molecular weight is 510 g/mol. The molecule has 0 saturated carbocycles. The normalized spacial score (nSPS) is 11.8. The van der Waals surface area contributed by atoms with E-state index in [4.69, 9.17) is 11.5 Å². The molecule has 0 fully saturated rings. The fourth-order valence-electron chi connectivity index (χ4n) is 4.48. The van der Waals surface area contributed by atoms with Gasteiger partial charge in [-0.3, -0.25) is 9.59 Å². The highest BCUT2D eigenvalue weighted by molar-refractivity contribution is 5.91. The fraction of sp³-hybridized carbons (Fsp3) is 0.897. The first kappa shape index (κ1) is 34.4. The van der Waals surface area contributed by atoms with Gasteiger partial charge < -0.3 is 22.1 Å². The highest BCUT2D eigenvalue weighted by Crippen LogP contribution is 2.11. The van der Waals surface area contributed by atoms with E-state index in [0.717, 1.165) is 25.8 Å². The predicted octanol–water partition coefficient (Wildman–Crippen LogP) is 6.09. The van der Waals surface area contributed by atoms with Crippen LogP contribution in [-0.2, 0) is 9.59 Å². The molecular formula is C29H59N5O2. The molecule has 2 amide bonds. The third-order valence-electron chi connectivity index (χ3n) is 6.65. The zero-order valence-corrected chi connectivity index (χ0v) is 23.8. The van der Waals surface area contributed by atoms with Crippen LogP contribution in [-0.4, -0.2) is 36.9 Å². The van der Waals surface area contributed by atoms with Crippen molar-refractivity contribution >= 4 is 17.8 Å². The highest BCUT2D eigenvalue weighted by Gasteiger charge is 2.16. The van der Waals surface area contributed by atoms with E-state index in [9.17, 15) is 9.59 Å². The summed E-state index contributed by atoms with van der Waals surface area (Å²) >= 11 is 0. The predicted molar refractivity (Wildman–Crippen MR) is 154 cm³/mol. The minimum Gasteiger partial charge on any atom is -0.370 e. The van der Waals surface area contributed by atoms with Crippen LogP contribution in [0.5, 0.6) is 0 Å². The average Bonchev–Trinajstić information content (AvgIpc) is 2.83. The number of nitrogens with zero attached hydrogens (tertiary/aromatic N) is 1. The first-order valence-corrected chi connectivity index (χ1v) is 15.1. The van der Waals surface area contributed by atoms with Gasteiger partial charge in [0.2, 0.25) is 5.91 Å². The SMILES string of the molecule is CCCCCCCCCCCCNCC(CC(=O)N=C(N)N)NC(=O)CCCCCCCCCCC. The van der Waals surface area contributed by atoms with Gasteiger partial charge in [-0.05, 0) is 19.4 Å². The molecule has 212 valence electrons. The summed E-state index contributed by atoms with van der Waals surface area (Å²) in [6.07, 6.45) is 24.6. The van der Waals surface area contributed by atoms with Crippen molar-refractivity contribution in [3.05, 3.63) is 0 Å². The summed E-state index contributed by atoms with van der Waals surface area (Å²) in [5.74, 6) is -0.636. The smallest absolute Gasteiger partial charge is 0.250 e. The van der Waals surface area contributed by atoms with Crippen LogP contribution < -0.4 is 22.1 Å². The van der Waals surface area contributed by atoms with Gasteiger partial charge in [-0.1, -0.05) is 123 Å². The molecule has 0 aromatic heterocycles. The molecule has 7 heteroatoms. The first-order valence-electron chi connectivity index (χ1n) is 15.1. The molecule has 0 spiro atoms. The van der Waals surface area contributed by atoms with Crippen LogP contribution in [0.1, 0.15) is 149 Å². The second kappa shape index (κ2) is 26.4. The Balaban J connectivity index is 4.05. The van der Waals surface area contributed by atoms with Gasteiger partial charge in [-0.15, -0.1) is 0 Å². The molecule has 6 N–H and O–H groups in total. The number of amides is 2. The molecule has 0 radical (unpaired) electrons. The first-order chi connectivity index (χ1) is 17.5. The van der Waals surface area contributed by atoms with Gasteiger partial charge in [0.25, 0.3) is 5.91 Å². The van der Waals surface area contributed by atoms with Crippen LogP contribution >= 0.6 is 0 Å². The summed E-state index contributed by atoms with van der Waals surface area (Å²) in [6, 6.07) is -0.296. The molecule has 0 aliphatic carbocycles. The molecule has 0 bridgehead atoms. The summed E-state index contributed by atoms with van der Waals surface area (Å²) < 4.78 is 0. The number of nitrogens with one attached hydrogen (secondary N) is 2. The Labute approximate surface area is 222 Å². The zero-order chi connectivity index (χ0) is 26.7. The molecule has 7 nitrogen and oxygen atoms in total. The van der Waals surface area contributed by atoms with Crippen LogP contribution in [0.4, 0.5) is 0 Å². The third-order valence-corrected chi connectivity index (χ3v) is 6.65. The lowest BCUT2D eigenvalue weighted by Gasteiger charge is -2.18. The lowest BCUT2D eigenvalue weighted by molar-refractivity contribution is -0.122. The van der Waals surface area contributed by atoms with E-state index < -0.39 is 5.91 Å². The molecule has 0 aromatic rings. The van der Waals surface area contributed by atoms with E-state index in [0.29, 0.717) is 13.0 Å². The quantitative estimate of drug-likeness (QED) is 0.0638. The second-order valence-corrected chi connectivity index (χ2v) is 10.4. The van der Waals surface area contributed by atoms with Gasteiger partial charge in [0.15, 0.2) is 5.96 Å². The zero-order valence-electron chi connectivity index (χ0n) is 23.8. The maximum Gasteiger partial charge on any atom is 0.250 e. The van der Waals surface area contributed by atoms with Gasteiger partial charge in [0.1, 0.15) is 0 Å². The monoisotopic (exact) mass is 509 g/mol. The van der Waals surface area contributed by atoms with E-state index in [1.54, 1.807) is 0 Å². The molecule has 1 atom stereocenters. The summed E-state index contributed by atoms with van der Waals surface area (Å²) in [7, 11) is 0. The third kappa shape index (κ3) is 25.5. The van der Waals surface area contributed by atoms with Crippen LogP contribution in [0.3, 0.4) is 0 Å². The van der Waals surface area contributed by atoms with E-state index in [1.165, 1.54) is 103 Å². The second-order valence-electron chi connectivity index (χ2n) is 10.4. The Bertz CT molecular complexity index is 550. The lowest BCUT2D eigenvalue weighted by Crippen LogP contribution is -2.43. The Morgan fingerprint density at radius 3 is 1.58 bits per heavy atom. The molecule has 0 aliphatic heterocycles. The van der Waals surface area contributed by atoms with Gasteiger partial charge in [0.05, 0.1) is 12.5 Å². The van der Waals surface area contributed by atoms with Crippen molar-refractivity contribution in [3.8, 4) is 0 Å². The maximum atomic E-state index is 12.4. The summed E-state index contributed by atoms with van der Waals surface area (Å²) in [5, 5.41) is 6.41. The van der Waals surface area contributed by atoms with Crippen LogP contribution in [0.2, 0.25) is 0 Å². The summed E-state index contributed by atoms with van der Waals surface area (Å²) in [4.78, 5) is 28.1. The molecular weight excluding hydrogens is 450 g/mol. The molecule has 0 aliphatic rings. The molecule has 0 saturated heterocycles. The number of nitrogens with two attached hydrogens (primary N) is 2. The lowest BCUT2D eigenvalue weighted by atomic mass is 10.1. The number of hydrogen-bond donors (Lipinski definition) is 4. The van der Waals surface area contributed by atoms with Gasteiger partial charge >= 0.3 is 0 Å². The molecule has 0 rings (SSSR count). The number of hydrogen-bond acceptors (Lipinski definition) is 3. The van der Waals surface area contributed by atoms with Crippen LogP contribution in [0.15, 0.2) is 4.99 Å². The van der Waals surface area contributed by atoms with E-state index in [2.05, 4.69) is 29.5 Å². The Kier molecular flexibility index (Phi) is 25.2. The van der Waals surface area contributed by atoms with Crippen molar-refractivity contribution in [2.24, 2.45) is 16.5 Å². The van der Waals surface area contributed by atoms with Crippen molar-refractivity contribution in [3.63, 3.8) is 0 Å². The van der Waals surface area contributed by atoms with Crippen molar-refractivity contribution in [2.45, 2.75) is 155 Å². The van der Waals surface area contributed by atoms with Crippen LogP contribution in [0.25, 0.3) is 0 Å². The largest absolute Gasteiger partial charge is 0.370 e. The standard InChI is InChI=1S/C29H59N5O2/c1-3-5-7-9-11-13-15-17-19-21-23-32-25-26(24-28(36)34-29(30)31)33-27(35)22-20-18-16-14-12-10-8-6-4-2/h26,32H,3-25H2,1-2H3,(H,33,35)(H4,30,31,34,36). The van der Waals surface area contributed by atoms with Gasteiger partial charge in [0, 0.05) is 13.0 Å². The minimum absolute atomic E-state index is 0.00109. The fourth-order valence-corrected chi connectivity index (χ4v) is 4.48. The highest BCUT2D eigenvalue weighted by atomic mass is 16.2. The van der Waals surface area contributed by atoms with E-state index >= 15 is 0 Å². The van der Waals surface area contributed by atoms with Crippen LogP contribution in [0, 0.1) is 0 Å². The summed E-state index contributed by atoms with van der Waals surface area (Å²) in [5.41, 5.74) is 10.7. The summed E-state index contributed by atoms with van der Waals surface area (Å²) in [6.45, 7) is 5.93. The maximum absolute atomic E-state index is 12.4. The number of carbonyl (C=O) groups is 2. The van der Waals surface area contributed by atoms with Gasteiger partial charge in [-0.25, -0.2) is 0 Å². The molecule has 0 aromatic carbocycles. The Morgan fingerprint density at radius 2 is 1.11 bits per heavy atom.